The van der Waals surface area contributed by atoms with Gasteiger partial charge >= 0.3 is 0 Å². The number of hydrogen-bond acceptors (Lipinski definition) is 2. The van der Waals surface area contributed by atoms with Crippen molar-refractivity contribution in [3.8, 4) is 0 Å². The summed E-state index contributed by atoms with van der Waals surface area (Å²) in [7, 11) is 2.21. The van der Waals surface area contributed by atoms with E-state index in [4.69, 9.17) is 0 Å². The first-order chi connectivity index (χ1) is 10.7. The molecule has 0 bridgehead atoms. The summed E-state index contributed by atoms with van der Waals surface area (Å²) in [5, 5.41) is 0. The first-order valence-electron chi connectivity index (χ1n) is 9.21. The van der Waals surface area contributed by atoms with Crippen molar-refractivity contribution in [2.24, 2.45) is 10.9 Å². The molecule has 22 heavy (non-hydrogen) atoms. The molecule has 0 spiro atoms. The summed E-state index contributed by atoms with van der Waals surface area (Å²) in [6.45, 7) is 17.1. The summed E-state index contributed by atoms with van der Waals surface area (Å²) in [6.07, 6.45) is 12.5. The van der Waals surface area contributed by atoms with Gasteiger partial charge in [0.1, 0.15) is 0 Å². The third kappa shape index (κ3) is 9.94. The number of hydrogen-bond donors (Lipinski definition) is 0. The molecule has 0 heterocycles. The summed E-state index contributed by atoms with van der Waals surface area (Å²) in [5.74, 6) is 0.963. The van der Waals surface area contributed by atoms with E-state index in [9.17, 15) is 0 Å². The molecule has 0 aromatic carbocycles. The Hall–Kier alpha value is -0.890. The van der Waals surface area contributed by atoms with Crippen molar-refractivity contribution in [1.82, 2.24) is 4.90 Å². The van der Waals surface area contributed by atoms with Gasteiger partial charge in [0.15, 0.2) is 0 Å². The van der Waals surface area contributed by atoms with Gasteiger partial charge in [-0.25, -0.2) is 0 Å². The van der Waals surface area contributed by atoms with Crippen molar-refractivity contribution in [1.29, 1.82) is 0 Å². The lowest BCUT2D eigenvalue weighted by Gasteiger charge is -2.34. The molecule has 1 fully saturated rings. The molecule has 1 aliphatic rings. The zero-order valence-electron chi connectivity index (χ0n) is 16.2. The van der Waals surface area contributed by atoms with Crippen LogP contribution in [0.25, 0.3) is 0 Å². The van der Waals surface area contributed by atoms with Crippen LogP contribution in [0, 0.1) is 5.92 Å². The number of aliphatic imine (C=N–C) groups is 1. The Balaban J connectivity index is 0. The minimum Gasteiger partial charge on any atom is -0.298 e. The standard InChI is InChI=1S/C16H28N2.2C2H6/c1-5-12-17-15(7-3)13-18(4)16-10-8-14(6-2)9-11-16;2*1-2/h5,7,12,14,16H,3,6,8-11,13H2,1-2,4H3;2*1-2H3/b12-5-,17-15?;;. The van der Waals surface area contributed by atoms with Crippen LogP contribution in [-0.4, -0.2) is 30.2 Å². The normalized spacial score (nSPS) is 21.7. The Morgan fingerprint density at radius 1 is 1.14 bits per heavy atom. The molecule has 130 valence electrons. The maximum absolute atomic E-state index is 4.40. The Morgan fingerprint density at radius 3 is 2.09 bits per heavy atom. The fourth-order valence-electron chi connectivity index (χ4n) is 2.71. The predicted octanol–water partition coefficient (Wildman–Crippen LogP) is 6.10. The van der Waals surface area contributed by atoms with Gasteiger partial charge < -0.3 is 0 Å². The van der Waals surface area contributed by atoms with Crippen molar-refractivity contribution in [3.05, 3.63) is 24.9 Å². The van der Waals surface area contributed by atoms with Crippen LogP contribution in [0.15, 0.2) is 29.9 Å². The molecule has 0 aliphatic heterocycles. The second kappa shape index (κ2) is 16.5. The smallest absolute Gasteiger partial charge is 0.0537 e. The number of rotatable bonds is 6. The van der Waals surface area contributed by atoms with E-state index < -0.39 is 0 Å². The highest BCUT2D eigenvalue weighted by atomic mass is 15.1. The molecule has 0 atom stereocenters. The van der Waals surface area contributed by atoms with E-state index in [1.807, 2.05) is 53.0 Å². The summed E-state index contributed by atoms with van der Waals surface area (Å²) < 4.78 is 0. The summed E-state index contributed by atoms with van der Waals surface area (Å²) in [5.41, 5.74) is 1.06. The third-order valence-corrected chi connectivity index (χ3v) is 4.05. The van der Waals surface area contributed by atoms with Gasteiger partial charge in [0.05, 0.1) is 5.71 Å². The second-order valence-electron chi connectivity index (χ2n) is 5.30. The lowest BCUT2D eigenvalue weighted by Crippen LogP contribution is -2.38. The fourth-order valence-corrected chi connectivity index (χ4v) is 2.71. The largest absolute Gasteiger partial charge is 0.298 e. The van der Waals surface area contributed by atoms with Gasteiger partial charge in [0.25, 0.3) is 0 Å². The van der Waals surface area contributed by atoms with Gasteiger partial charge in [-0.15, -0.1) is 0 Å². The maximum Gasteiger partial charge on any atom is 0.0537 e. The van der Waals surface area contributed by atoms with Crippen LogP contribution in [0.4, 0.5) is 0 Å². The molecule has 0 aromatic rings. The van der Waals surface area contributed by atoms with Crippen molar-refractivity contribution in [3.63, 3.8) is 0 Å². The first-order valence-corrected chi connectivity index (χ1v) is 9.21. The molecule has 1 aliphatic carbocycles. The van der Waals surface area contributed by atoms with E-state index in [0.717, 1.165) is 24.2 Å². The van der Waals surface area contributed by atoms with Gasteiger partial charge in [-0.1, -0.05) is 53.7 Å². The number of allylic oxidation sites excluding steroid dienone is 1. The van der Waals surface area contributed by atoms with Gasteiger partial charge in [-0.3, -0.25) is 9.89 Å². The first kappa shape index (κ1) is 23.4. The molecular formula is C20H40N2. The molecule has 0 amide bonds. The third-order valence-electron chi connectivity index (χ3n) is 4.05. The SMILES string of the molecule is C=CC(CN(C)C1CCC(CC)CC1)=N/C=C\C.CC.CC. The van der Waals surface area contributed by atoms with Crippen LogP contribution in [-0.2, 0) is 0 Å². The highest BCUT2D eigenvalue weighted by Crippen LogP contribution is 2.28. The van der Waals surface area contributed by atoms with Gasteiger partial charge in [-0.2, -0.15) is 0 Å². The van der Waals surface area contributed by atoms with E-state index in [-0.39, 0.29) is 0 Å². The molecule has 2 heteroatoms. The van der Waals surface area contributed by atoms with E-state index in [1.165, 1.54) is 32.1 Å². The Bertz CT molecular complexity index is 297. The molecule has 1 saturated carbocycles. The van der Waals surface area contributed by atoms with Crippen molar-refractivity contribution >= 4 is 5.71 Å². The second-order valence-corrected chi connectivity index (χ2v) is 5.30. The molecule has 0 unspecified atom stereocenters. The van der Waals surface area contributed by atoms with Crippen LogP contribution in [0.2, 0.25) is 0 Å². The molecule has 0 aromatic heterocycles. The van der Waals surface area contributed by atoms with Gasteiger partial charge in [0, 0.05) is 18.8 Å². The minimum atomic E-state index is 0.726. The van der Waals surface area contributed by atoms with Gasteiger partial charge in [0.2, 0.25) is 0 Å². The summed E-state index contributed by atoms with van der Waals surface area (Å²) in [6, 6.07) is 0.726. The van der Waals surface area contributed by atoms with E-state index in [0.29, 0.717) is 0 Å². The Labute approximate surface area is 140 Å². The minimum absolute atomic E-state index is 0.726. The van der Waals surface area contributed by atoms with Crippen molar-refractivity contribution in [2.45, 2.75) is 79.7 Å². The monoisotopic (exact) mass is 308 g/mol. The lowest BCUT2D eigenvalue weighted by molar-refractivity contribution is 0.181. The van der Waals surface area contributed by atoms with Crippen LogP contribution in [0.1, 0.15) is 73.6 Å². The highest BCUT2D eigenvalue weighted by Gasteiger charge is 2.23. The quantitative estimate of drug-likeness (QED) is 0.541. The van der Waals surface area contributed by atoms with Crippen molar-refractivity contribution < 1.29 is 0 Å². The summed E-state index contributed by atoms with van der Waals surface area (Å²) >= 11 is 0. The molecule has 0 radical (unpaired) electrons. The van der Waals surface area contributed by atoms with Gasteiger partial charge in [-0.05, 0) is 51.6 Å². The summed E-state index contributed by atoms with van der Waals surface area (Å²) in [4.78, 5) is 6.84. The van der Waals surface area contributed by atoms with E-state index >= 15 is 0 Å². The zero-order chi connectivity index (χ0) is 17.4. The number of nitrogens with zero attached hydrogens (tertiary/aromatic N) is 2. The fraction of sp³-hybridized carbons (Fsp3) is 0.750. The maximum atomic E-state index is 4.40. The molecule has 2 nitrogen and oxygen atoms in total. The molecule has 0 saturated heterocycles. The van der Waals surface area contributed by atoms with Crippen molar-refractivity contribution in [2.75, 3.05) is 13.6 Å². The van der Waals surface area contributed by atoms with Crippen LogP contribution >= 0.6 is 0 Å². The molecule has 1 rings (SSSR count). The average molecular weight is 309 g/mol. The lowest BCUT2D eigenvalue weighted by atomic mass is 9.84. The van der Waals surface area contributed by atoms with E-state index in [1.54, 1.807) is 0 Å². The topological polar surface area (TPSA) is 15.6 Å². The Kier molecular flexibility index (Phi) is 17.5. The molecular weight excluding hydrogens is 268 g/mol. The Morgan fingerprint density at radius 2 is 1.68 bits per heavy atom. The van der Waals surface area contributed by atoms with Crippen LogP contribution in [0.3, 0.4) is 0 Å². The van der Waals surface area contributed by atoms with Crippen LogP contribution in [0.5, 0.6) is 0 Å². The van der Waals surface area contributed by atoms with Crippen LogP contribution < -0.4 is 0 Å². The van der Waals surface area contributed by atoms with E-state index in [2.05, 4.69) is 30.4 Å². The zero-order valence-corrected chi connectivity index (χ0v) is 16.2. The average Bonchev–Trinajstić information content (AvgIpc) is 2.61. The predicted molar refractivity (Wildman–Crippen MR) is 104 cm³/mol. The molecule has 0 N–H and O–H groups in total. The highest BCUT2D eigenvalue weighted by molar-refractivity contribution is 5.96.